The van der Waals surface area contributed by atoms with E-state index < -0.39 is 0 Å². The summed E-state index contributed by atoms with van der Waals surface area (Å²) < 4.78 is 13.2. The summed E-state index contributed by atoms with van der Waals surface area (Å²) in [4.78, 5) is 29.9. The molecule has 2 fully saturated rings. The lowest BCUT2D eigenvalue weighted by Gasteiger charge is -2.44. The zero-order chi connectivity index (χ0) is 20.2. The molecule has 2 amide bonds. The molecular formula is C24H27FN2O2. The van der Waals surface area contributed by atoms with Crippen LogP contribution in [0.25, 0.3) is 0 Å². The molecule has 0 radical (unpaired) electrons. The van der Waals surface area contributed by atoms with E-state index in [1.165, 1.54) is 12.1 Å². The molecule has 2 aromatic rings. The molecule has 4 nitrogen and oxygen atoms in total. The number of carbonyl (C=O) groups excluding carboxylic acids is 2. The van der Waals surface area contributed by atoms with Gasteiger partial charge in [-0.3, -0.25) is 9.59 Å². The molecule has 2 aliphatic heterocycles. The van der Waals surface area contributed by atoms with Crippen molar-refractivity contribution in [3.8, 4) is 0 Å². The first-order chi connectivity index (χ1) is 14.1. The van der Waals surface area contributed by atoms with Gasteiger partial charge in [-0.2, -0.15) is 0 Å². The molecule has 152 valence electrons. The number of hydrogen-bond acceptors (Lipinski definition) is 2. The third kappa shape index (κ3) is 4.34. The van der Waals surface area contributed by atoms with Crippen molar-refractivity contribution in [1.82, 2.24) is 9.80 Å². The summed E-state index contributed by atoms with van der Waals surface area (Å²) in [6, 6.07) is 15.4. The Morgan fingerprint density at radius 1 is 0.793 bits per heavy atom. The van der Waals surface area contributed by atoms with E-state index in [1.807, 2.05) is 40.1 Å². The highest BCUT2D eigenvalue weighted by Gasteiger charge is 2.36. The van der Waals surface area contributed by atoms with Gasteiger partial charge in [0.25, 0.3) is 11.8 Å². The van der Waals surface area contributed by atoms with Crippen molar-refractivity contribution >= 4 is 11.8 Å². The summed E-state index contributed by atoms with van der Waals surface area (Å²) in [7, 11) is 0. The number of amides is 2. The zero-order valence-electron chi connectivity index (χ0n) is 16.6. The van der Waals surface area contributed by atoms with Crippen molar-refractivity contribution in [2.75, 3.05) is 19.6 Å². The van der Waals surface area contributed by atoms with Crippen LogP contribution in [0, 0.1) is 11.7 Å². The second kappa shape index (κ2) is 8.76. The van der Waals surface area contributed by atoms with E-state index in [0.717, 1.165) is 44.2 Å². The summed E-state index contributed by atoms with van der Waals surface area (Å²) in [6.07, 6.45) is 5.09. The van der Waals surface area contributed by atoms with Gasteiger partial charge in [-0.15, -0.1) is 0 Å². The first-order valence-corrected chi connectivity index (χ1v) is 10.5. The third-order valence-electron chi connectivity index (χ3n) is 6.21. The molecule has 2 aliphatic rings. The number of halogens is 1. The molecular weight excluding hydrogens is 367 g/mol. The summed E-state index contributed by atoms with van der Waals surface area (Å²) in [5, 5.41) is 0. The SMILES string of the molecule is O=C(c1ccc(F)cc1)N1CCC[C@@H]([C@@H]2CCCCN2C(=O)c2ccccc2)C1. The smallest absolute Gasteiger partial charge is 0.254 e. The highest BCUT2D eigenvalue weighted by atomic mass is 19.1. The molecule has 2 aromatic carbocycles. The normalized spacial score (nSPS) is 22.4. The maximum atomic E-state index is 13.2. The number of rotatable bonds is 3. The van der Waals surface area contributed by atoms with Crippen molar-refractivity contribution in [2.45, 2.75) is 38.1 Å². The first-order valence-electron chi connectivity index (χ1n) is 10.5. The van der Waals surface area contributed by atoms with Crippen LogP contribution in [0.1, 0.15) is 52.8 Å². The quantitative estimate of drug-likeness (QED) is 0.776. The predicted molar refractivity (Wildman–Crippen MR) is 110 cm³/mol. The van der Waals surface area contributed by atoms with Gasteiger partial charge in [-0.05, 0) is 74.4 Å². The Morgan fingerprint density at radius 2 is 1.52 bits per heavy atom. The minimum Gasteiger partial charge on any atom is -0.338 e. The van der Waals surface area contributed by atoms with Crippen LogP contribution in [0.2, 0.25) is 0 Å². The highest BCUT2D eigenvalue weighted by Crippen LogP contribution is 2.31. The largest absolute Gasteiger partial charge is 0.338 e. The van der Waals surface area contributed by atoms with E-state index in [1.54, 1.807) is 12.1 Å². The van der Waals surface area contributed by atoms with Crippen molar-refractivity contribution < 1.29 is 14.0 Å². The minimum absolute atomic E-state index is 0.0496. The number of hydrogen-bond donors (Lipinski definition) is 0. The fraction of sp³-hybridized carbons (Fsp3) is 0.417. The van der Waals surface area contributed by atoms with E-state index in [9.17, 15) is 14.0 Å². The summed E-state index contributed by atoms with van der Waals surface area (Å²) in [5.41, 5.74) is 1.25. The predicted octanol–water partition coefficient (Wildman–Crippen LogP) is 4.37. The molecule has 0 N–H and O–H groups in total. The molecule has 2 saturated heterocycles. The van der Waals surface area contributed by atoms with Gasteiger partial charge in [0.05, 0.1) is 0 Å². The Balaban J connectivity index is 1.49. The summed E-state index contributed by atoms with van der Waals surface area (Å²) in [6.45, 7) is 2.15. The van der Waals surface area contributed by atoms with Crippen molar-refractivity contribution in [3.05, 3.63) is 71.5 Å². The first kappa shape index (κ1) is 19.6. The lowest BCUT2D eigenvalue weighted by atomic mass is 9.84. The number of benzene rings is 2. The molecule has 5 heteroatoms. The standard InChI is InChI=1S/C24H27FN2O2/c25-21-13-11-19(12-14-21)23(28)26-15-6-9-20(17-26)22-10-4-5-16-27(22)24(29)18-7-2-1-3-8-18/h1-3,7-8,11-14,20,22H,4-6,9-10,15-17H2/t20-,22+/m1/s1. The van der Waals surface area contributed by atoms with Crippen LogP contribution in [0.4, 0.5) is 4.39 Å². The van der Waals surface area contributed by atoms with Gasteiger partial charge in [0.15, 0.2) is 0 Å². The van der Waals surface area contributed by atoms with E-state index in [4.69, 9.17) is 0 Å². The van der Waals surface area contributed by atoms with Crippen LogP contribution in [0.15, 0.2) is 54.6 Å². The van der Waals surface area contributed by atoms with Crippen molar-refractivity contribution in [3.63, 3.8) is 0 Å². The topological polar surface area (TPSA) is 40.6 Å². The summed E-state index contributed by atoms with van der Waals surface area (Å²) >= 11 is 0. The number of likely N-dealkylation sites (tertiary alicyclic amines) is 2. The van der Waals surface area contributed by atoms with E-state index in [0.29, 0.717) is 18.7 Å². The maximum absolute atomic E-state index is 13.2. The van der Waals surface area contributed by atoms with Crippen LogP contribution in [-0.2, 0) is 0 Å². The number of carbonyl (C=O) groups is 2. The van der Waals surface area contributed by atoms with E-state index in [2.05, 4.69) is 0 Å². The van der Waals surface area contributed by atoms with Gasteiger partial charge < -0.3 is 9.80 Å². The van der Waals surface area contributed by atoms with Crippen LogP contribution >= 0.6 is 0 Å². The fourth-order valence-corrected chi connectivity index (χ4v) is 4.73. The van der Waals surface area contributed by atoms with Gasteiger partial charge >= 0.3 is 0 Å². The molecule has 29 heavy (non-hydrogen) atoms. The second-order valence-corrected chi connectivity index (χ2v) is 8.09. The van der Waals surface area contributed by atoms with Crippen LogP contribution in [-0.4, -0.2) is 47.3 Å². The third-order valence-corrected chi connectivity index (χ3v) is 6.21. The number of piperidine rings is 2. The Bertz CT molecular complexity index is 853. The average Bonchev–Trinajstić information content (AvgIpc) is 2.79. The molecule has 2 atom stereocenters. The van der Waals surface area contributed by atoms with Gasteiger partial charge in [0, 0.05) is 36.8 Å². The Kier molecular flexibility index (Phi) is 5.93. The molecule has 0 saturated carbocycles. The molecule has 0 unspecified atom stereocenters. The van der Waals surface area contributed by atoms with Crippen LogP contribution < -0.4 is 0 Å². The molecule has 0 aliphatic carbocycles. The highest BCUT2D eigenvalue weighted by molar-refractivity contribution is 5.95. The van der Waals surface area contributed by atoms with Gasteiger partial charge in [-0.25, -0.2) is 4.39 Å². The van der Waals surface area contributed by atoms with Gasteiger partial charge in [0.2, 0.25) is 0 Å². The molecule has 0 spiro atoms. The van der Waals surface area contributed by atoms with Crippen LogP contribution in [0.5, 0.6) is 0 Å². The second-order valence-electron chi connectivity index (χ2n) is 8.09. The lowest BCUT2D eigenvalue weighted by molar-refractivity contribution is 0.0349. The van der Waals surface area contributed by atoms with Gasteiger partial charge in [0.1, 0.15) is 5.82 Å². The Labute approximate surface area is 171 Å². The Morgan fingerprint density at radius 3 is 2.28 bits per heavy atom. The lowest BCUT2D eigenvalue weighted by Crippen LogP contribution is -2.52. The average molecular weight is 394 g/mol. The Hall–Kier alpha value is -2.69. The monoisotopic (exact) mass is 394 g/mol. The molecule has 2 heterocycles. The number of nitrogens with zero attached hydrogens (tertiary/aromatic N) is 2. The van der Waals surface area contributed by atoms with Crippen LogP contribution in [0.3, 0.4) is 0 Å². The van der Waals surface area contributed by atoms with Crippen molar-refractivity contribution in [2.24, 2.45) is 5.92 Å². The van der Waals surface area contributed by atoms with E-state index >= 15 is 0 Å². The summed E-state index contributed by atoms with van der Waals surface area (Å²) in [5.74, 6) is -0.0137. The van der Waals surface area contributed by atoms with Crippen molar-refractivity contribution in [1.29, 1.82) is 0 Å². The molecule has 0 aromatic heterocycles. The fourth-order valence-electron chi connectivity index (χ4n) is 4.73. The molecule has 4 rings (SSSR count). The molecule has 0 bridgehead atoms. The van der Waals surface area contributed by atoms with Gasteiger partial charge in [-0.1, -0.05) is 18.2 Å². The maximum Gasteiger partial charge on any atom is 0.254 e. The minimum atomic E-state index is -0.338. The zero-order valence-corrected chi connectivity index (χ0v) is 16.6. The van der Waals surface area contributed by atoms with E-state index in [-0.39, 0.29) is 29.6 Å².